The normalized spacial score (nSPS) is 19.7. The lowest BCUT2D eigenvalue weighted by Gasteiger charge is -2.37. The van der Waals surface area contributed by atoms with Crippen molar-refractivity contribution in [2.24, 2.45) is 0 Å². The Morgan fingerprint density at radius 3 is 2.39 bits per heavy atom. The average molecular weight is 431 g/mol. The van der Waals surface area contributed by atoms with Crippen molar-refractivity contribution in [3.8, 4) is 11.5 Å². The number of hydrogen-bond acceptors (Lipinski definition) is 6. The number of amides is 3. The van der Waals surface area contributed by atoms with Crippen LogP contribution in [0.5, 0.6) is 11.5 Å². The standard InChI is InChI=1S/C22H29N3O6/c1-13(26)23-9-10-24-22(28)25-15-6-7-17(25)20(21(27)31-4)16(12-15)14-5-8-18(29-2)19(11-14)30-3/h5,8,11,15,17H,6-7,9-10,12H2,1-4H3,(H,23,26)(H,24,28). The number of urea groups is 1. The van der Waals surface area contributed by atoms with Gasteiger partial charge in [-0.05, 0) is 42.5 Å². The molecule has 2 unspecified atom stereocenters. The molecule has 2 bridgehead atoms. The van der Waals surface area contributed by atoms with E-state index in [9.17, 15) is 14.4 Å². The fourth-order valence-corrected chi connectivity index (χ4v) is 4.39. The van der Waals surface area contributed by atoms with Gasteiger partial charge in [0.2, 0.25) is 5.91 Å². The molecule has 1 fully saturated rings. The molecule has 2 atom stereocenters. The second-order valence-electron chi connectivity index (χ2n) is 7.53. The number of benzene rings is 1. The van der Waals surface area contributed by atoms with Gasteiger partial charge in [0.15, 0.2) is 11.5 Å². The minimum atomic E-state index is -0.439. The number of esters is 1. The molecule has 0 aromatic heterocycles. The van der Waals surface area contributed by atoms with E-state index in [0.717, 1.165) is 17.6 Å². The van der Waals surface area contributed by atoms with Crippen molar-refractivity contribution in [1.29, 1.82) is 0 Å². The van der Waals surface area contributed by atoms with Crippen LogP contribution in [0.15, 0.2) is 23.8 Å². The second kappa shape index (κ2) is 9.72. The van der Waals surface area contributed by atoms with Gasteiger partial charge in [-0.2, -0.15) is 0 Å². The Kier molecular flexibility index (Phi) is 7.04. The minimum Gasteiger partial charge on any atom is -0.493 e. The molecule has 1 aromatic carbocycles. The molecule has 1 saturated heterocycles. The van der Waals surface area contributed by atoms with Crippen LogP contribution in [0.2, 0.25) is 0 Å². The van der Waals surface area contributed by atoms with Crippen LogP contribution in [0.1, 0.15) is 31.7 Å². The molecule has 31 heavy (non-hydrogen) atoms. The van der Waals surface area contributed by atoms with Crippen LogP contribution in [-0.2, 0) is 14.3 Å². The first-order valence-corrected chi connectivity index (χ1v) is 10.3. The first-order chi connectivity index (χ1) is 14.9. The number of methoxy groups -OCH3 is 3. The van der Waals surface area contributed by atoms with Crippen LogP contribution in [0.4, 0.5) is 4.79 Å². The van der Waals surface area contributed by atoms with Gasteiger partial charge in [-0.1, -0.05) is 6.07 Å². The Morgan fingerprint density at radius 1 is 1.03 bits per heavy atom. The summed E-state index contributed by atoms with van der Waals surface area (Å²) in [5, 5.41) is 5.48. The zero-order valence-corrected chi connectivity index (χ0v) is 18.3. The summed E-state index contributed by atoms with van der Waals surface area (Å²) in [6, 6.07) is 4.91. The topological polar surface area (TPSA) is 106 Å². The molecule has 0 spiro atoms. The van der Waals surface area contributed by atoms with Crippen LogP contribution in [0.3, 0.4) is 0 Å². The van der Waals surface area contributed by atoms with Crippen molar-refractivity contribution >= 4 is 23.5 Å². The van der Waals surface area contributed by atoms with Crippen LogP contribution in [-0.4, -0.2) is 69.3 Å². The Balaban J connectivity index is 1.90. The summed E-state index contributed by atoms with van der Waals surface area (Å²) in [6.07, 6.45) is 2.02. The van der Waals surface area contributed by atoms with E-state index in [1.165, 1.54) is 14.0 Å². The maximum Gasteiger partial charge on any atom is 0.336 e. The van der Waals surface area contributed by atoms with Gasteiger partial charge in [0.25, 0.3) is 0 Å². The third-order valence-electron chi connectivity index (χ3n) is 5.75. The van der Waals surface area contributed by atoms with Gasteiger partial charge >= 0.3 is 12.0 Å². The molecule has 1 aromatic rings. The highest BCUT2D eigenvalue weighted by Gasteiger charge is 2.46. The molecule has 2 aliphatic heterocycles. The summed E-state index contributed by atoms with van der Waals surface area (Å²) >= 11 is 0. The second-order valence-corrected chi connectivity index (χ2v) is 7.53. The van der Waals surface area contributed by atoms with Crippen molar-refractivity contribution in [3.05, 3.63) is 29.3 Å². The summed E-state index contributed by atoms with van der Waals surface area (Å²) in [6.45, 7) is 2.09. The van der Waals surface area contributed by atoms with Crippen LogP contribution in [0, 0.1) is 0 Å². The molecular weight excluding hydrogens is 402 g/mol. The van der Waals surface area contributed by atoms with Gasteiger partial charge in [-0.15, -0.1) is 0 Å². The first kappa shape index (κ1) is 22.5. The summed E-state index contributed by atoms with van der Waals surface area (Å²) in [5.74, 6) is 0.585. The molecule has 3 amide bonds. The van der Waals surface area contributed by atoms with E-state index in [4.69, 9.17) is 14.2 Å². The van der Waals surface area contributed by atoms with E-state index >= 15 is 0 Å². The molecule has 0 radical (unpaired) electrons. The number of nitrogens with zero attached hydrogens (tertiary/aromatic N) is 1. The Labute approximate surface area is 181 Å². The van der Waals surface area contributed by atoms with Crippen LogP contribution < -0.4 is 20.1 Å². The molecule has 2 heterocycles. The molecule has 168 valence electrons. The largest absolute Gasteiger partial charge is 0.493 e. The van der Waals surface area contributed by atoms with E-state index in [0.29, 0.717) is 43.0 Å². The molecule has 2 N–H and O–H groups in total. The lowest BCUT2D eigenvalue weighted by molar-refractivity contribution is -0.136. The van der Waals surface area contributed by atoms with Crippen LogP contribution in [0.25, 0.3) is 5.57 Å². The zero-order valence-electron chi connectivity index (χ0n) is 18.3. The molecule has 0 aliphatic carbocycles. The number of fused-ring (bicyclic) bond motifs is 2. The number of nitrogens with one attached hydrogen (secondary N) is 2. The summed E-state index contributed by atoms with van der Waals surface area (Å²) in [4.78, 5) is 38.4. The van der Waals surface area contributed by atoms with Gasteiger partial charge in [0, 0.05) is 26.1 Å². The molecule has 2 aliphatic rings. The predicted molar refractivity (Wildman–Crippen MR) is 114 cm³/mol. The van der Waals surface area contributed by atoms with E-state index in [1.54, 1.807) is 25.2 Å². The van der Waals surface area contributed by atoms with E-state index in [2.05, 4.69) is 10.6 Å². The minimum absolute atomic E-state index is 0.0257. The Bertz CT molecular complexity index is 897. The highest BCUT2D eigenvalue weighted by molar-refractivity contribution is 6.01. The van der Waals surface area contributed by atoms with Crippen molar-refractivity contribution in [2.45, 2.75) is 38.3 Å². The molecular formula is C22H29N3O6. The molecule has 3 rings (SSSR count). The summed E-state index contributed by atoms with van der Waals surface area (Å²) in [7, 11) is 4.48. The Hall–Kier alpha value is -3.23. The van der Waals surface area contributed by atoms with Gasteiger partial charge < -0.3 is 29.7 Å². The van der Waals surface area contributed by atoms with E-state index in [1.807, 2.05) is 12.1 Å². The van der Waals surface area contributed by atoms with E-state index < -0.39 is 5.97 Å². The monoisotopic (exact) mass is 431 g/mol. The smallest absolute Gasteiger partial charge is 0.336 e. The predicted octanol–water partition coefficient (Wildman–Crippen LogP) is 1.71. The lowest BCUT2D eigenvalue weighted by Crippen LogP contribution is -2.51. The van der Waals surface area contributed by atoms with Gasteiger partial charge in [0.05, 0.1) is 32.9 Å². The maximum absolute atomic E-state index is 12.9. The third kappa shape index (κ3) is 4.60. The first-order valence-electron chi connectivity index (χ1n) is 10.3. The van der Waals surface area contributed by atoms with Crippen molar-refractivity contribution in [3.63, 3.8) is 0 Å². The number of ether oxygens (including phenoxy) is 3. The van der Waals surface area contributed by atoms with Gasteiger partial charge in [-0.3, -0.25) is 4.79 Å². The molecule has 9 nitrogen and oxygen atoms in total. The van der Waals surface area contributed by atoms with Crippen molar-refractivity contribution in [1.82, 2.24) is 15.5 Å². The number of carbonyl (C=O) groups is 3. The molecule has 9 heteroatoms. The van der Waals surface area contributed by atoms with E-state index in [-0.39, 0.29) is 24.0 Å². The lowest BCUT2D eigenvalue weighted by atomic mass is 9.88. The maximum atomic E-state index is 12.9. The summed E-state index contributed by atoms with van der Waals surface area (Å²) in [5.41, 5.74) is 2.21. The number of hydrogen-bond donors (Lipinski definition) is 2. The number of carbonyl (C=O) groups excluding carboxylic acids is 3. The summed E-state index contributed by atoms with van der Waals surface area (Å²) < 4.78 is 15.8. The number of rotatable bonds is 7. The van der Waals surface area contributed by atoms with Gasteiger partial charge in [-0.25, -0.2) is 9.59 Å². The fourth-order valence-electron chi connectivity index (χ4n) is 4.39. The zero-order chi connectivity index (χ0) is 22.5. The molecule has 0 saturated carbocycles. The third-order valence-corrected chi connectivity index (χ3v) is 5.75. The highest BCUT2D eigenvalue weighted by atomic mass is 16.5. The quantitative estimate of drug-likeness (QED) is 0.503. The average Bonchev–Trinajstić information content (AvgIpc) is 3.08. The van der Waals surface area contributed by atoms with Gasteiger partial charge in [0.1, 0.15) is 0 Å². The van der Waals surface area contributed by atoms with Crippen LogP contribution >= 0.6 is 0 Å². The fraction of sp³-hybridized carbons (Fsp3) is 0.500. The van der Waals surface area contributed by atoms with Crippen molar-refractivity contribution < 1.29 is 28.6 Å². The highest BCUT2D eigenvalue weighted by Crippen LogP contribution is 2.44. The SMILES string of the molecule is COC(=O)C1=C(c2ccc(OC)c(OC)c2)CC2CCC1N2C(=O)NCCNC(C)=O. The van der Waals surface area contributed by atoms with Crippen molar-refractivity contribution in [2.75, 3.05) is 34.4 Å². The Morgan fingerprint density at radius 2 is 1.74 bits per heavy atom.